The summed E-state index contributed by atoms with van der Waals surface area (Å²) in [6.45, 7) is 4.11. The molecule has 66 valence electrons. The molecular weight excluding hydrogens is 142 g/mol. The van der Waals surface area contributed by atoms with Gasteiger partial charge in [-0.2, -0.15) is 0 Å². The van der Waals surface area contributed by atoms with E-state index in [9.17, 15) is 4.79 Å². The smallest absolute Gasteiger partial charge is 0.220 e. The van der Waals surface area contributed by atoms with Gasteiger partial charge in [-0.05, 0) is 18.8 Å². The van der Waals surface area contributed by atoms with Crippen molar-refractivity contribution >= 4 is 5.91 Å². The summed E-state index contributed by atoms with van der Waals surface area (Å²) in [4.78, 5) is 10.7. The highest BCUT2D eigenvalue weighted by Gasteiger charge is 2.15. The lowest BCUT2D eigenvalue weighted by atomic mass is 9.94. The molecule has 0 aliphatic rings. The second kappa shape index (κ2) is 5.13. The Morgan fingerprint density at radius 3 is 2.36 bits per heavy atom. The first-order valence-electron chi connectivity index (χ1n) is 3.98. The Balaban J connectivity index is 3.79. The number of hydrogen-bond donors (Lipinski definition) is 2. The highest BCUT2D eigenvalue weighted by atomic mass is 16.3. The molecule has 3 nitrogen and oxygen atoms in total. The van der Waals surface area contributed by atoms with Crippen LogP contribution in [0.2, 0.25) is 0 Å². The average Bonchev–Trinajstić information content (AvgIpc) is 1.86. The van der Waals surface area contributed by atoms with Crippen molar-refractivity contribution in [1.29, 1.82) is 0 Å². The quantitative estimate of drug-likeness (QED) is 0.614. The number of aliphatic hydroxyl groups excluding tert-OH is 1. The first kappa shape index (κ1) is 10.4. The number of nitrogens with two attached hydrogens (primary N) is 1. The standard InChI is InChI=1S/C8H17NO2/c1-6(2)5-7(3-4-10)8(9)11/h6-7,10H,3-5H2,1-2H3,(H2,9,11). The van der Waals surface area contributed by atoms with Gasteiger partial charge in [0, 0.05) is 12.5 Å². The average molecular weight is 159 g/mol. The van der Waals surface area contributed by atoms with Crippen LogP contribution < -0.4 is 5.73 Å². The Kier molecular flexibility index (Phi) is 4.86. The fourth-order valence-electron chi connectivity index (χ4n) is 1.10. The van der Waals surface area contributed by atoms with Crippen molar-refractivity contribution in [3.8, 4) is 0 Å². The number of primary amides is 1. The summed E-state index contributed by atoms with van der Waals surface area (Å²) >= 11 is 0. The van der Waals surface area contributed by atoms with Crippen LogP contribution in [-0.4, -0.2) is 17.6 Å². The Bertz CT molecular complexity index is 123. The highest BCUT2D eigenvalue weighted by molar-refractivity contribution is 5.76. The zero-order valence-electron chi connectivity index (χ0n) is 7.21. The first-order chi connectivity index (χ1) is 5.07. The third kappa shape index (κ3) is 4.79. The van der Waals surface area contributed by atoms with Crippen molar-refractivity contribution in [2.75, 3.05) is 6.61 Å². The largest absolute Gasteiger partial charge is 0.396 e. The van der Waals surface area contributed by atoms with Crippen molar-refractivity contribution in [2.24, 2.45) is 17.6 Å². The Morgan fingerprint density at radius 1 is 1.55 bits per heavy atom. The molecule has 1 unspecified atom stereocenters. The molecule has 0 aliphatic carbocycles. The monoisotopic (exact) mass is 159 g/mol. The molecule has 0 aromatic heterocycles. The molecule has 0 radical (unpaired) electrons. The topological polar surface area (TPSA) is 63.3 Å². The second-order valence-corrected chi connectivity index (χ2v) is 3.24. The van der Waals surface area contributed by atoms with Crippen molar-refractivity contribution in [1.82, 2.24) is 0 Å². The van der Waals surface area contributed by atoms with Gasteiger partial charge in [-0.15, -0.1) is 0 Å². The lowest BCUT2D eigenvalue weighted by Gasteiger charge is -2.13. The van der Waals surface area contributed by atoms with Crippen LogP contribution in [-0.2, 0) is 4.79 Å². The van der Waals surface area contributed by atoms with Gasteiger partial charge in [0.2, 0.25) is 5.91 Å². The maximum atomic E-state index is 10.7. The molecule has 0 aromatic rings. The summed E-state index contributed by atoms with van der Waals surface area (Å²) in [6, 6.07) is 0. The molecule has 0 rings (SSSR count). The number of aliphatic hydroxyl groups is 1. The first-order valence-corrected chi connectivity index (χ1v) is 3.98. The SMILES string of the molecule is CC(C)CC(CCO)C(N)=O. The van der Waals surface area contributed by atoms with Crippen LogP contribution in [0.3, 0.4) is 0 Å². The number of carbonyl (C=O) groups excluding carboxylic acids is 1. The van der Waals surface area contributed by atoms with Crippen LogP contribution in [0, 0.1) is 11.8 Å². The molecule has 0 heterocycles. The molecule has 3 heteroatoms. The molecule has 0 bridgehead atoms. The van der Waals surface area contributed by atoms with Gasteiger partial charge in [0.1, 0.15) is 0 Å². The minimum atomic E-state index is -0.298. The third-order valence-electron chi connectivity index (χ3n) is 1.64. The molecule has 1 amide bonds. The van der Waals surface area contributed by atoms with Crippen LogP contribution in [0.15, 0.2) is 0 Å². The van der Waals surface area contributed by atoms with E-state index in [0.717, 1.165) is 6.42 Å². The molecule has 0 saturated heterocycles. The van der Waals surface area contributed by atoms with Crippen LogP contribution in [0.25, 0.3) is 0 Å². The van der Waals surface area contributed by atoms with Gasteiger partial charge in [0.15, 0.2) is 0 Å². The van der Waals surface area contributed by atoms with Crippen LogP contribution in [0.1, 0.15) is 26.7 Å². The molecule has 0 aliphatic heterocycles. The molecule has 0 spiro atoms. The van der Waals surface area contributed by atoms with Crippen molar-refractivity contribution in [3.63, 3.8) is 0 Å². The molecule has 0 fully saturated rings. The molecule has 11 heavy (non-hydrogen) atoms. The van der Waals surface area contributed by atoms with Crippen LogP contribution in [0.5, 0.6) is 0 Å². The van der Waals surface area contributed by atoms with Gasteiger partial charge in [-0.25, -0.2) is 0 Å². The lowest BCUT2D eigenvalue weighted by molar-refractivity contribution is -0.122. The van der Waals surface area contributed by atoms with Gasteiger partial charge in [0.05, 0.1) is 0 Å². The fourth-order valence-corrected chi connectivity index (χ4v) is 1.10. The molecule has 1 atom stereocenters. The summed E-state index contributed by atoms with van der Waals surface area (Å²) in [5.41, 5.74) is 5.12. The number of rotatable bonds is 5. The highest BCUT2D eigenvalue weighted by Crippen LogP contribution is 2.14. The van der Waals surface area contributed by atoms with E-state index in [2.05, 4.69) is 0 Å². The Hall–Kier alpha value is -0.570. The van der Waals surface area contributed by atoms with Gasteiger partial charge in [-0.1, -0.05) is 13.8 Å². The maximum absolute atomic E-state index is 10.7. The van der Waals surface area contributed by atoms with Crippen molar-refractivity contribution in [3.05, 3.63) is 0 Å². The lowest BCUT2D eigenvalue weighted by Crippen LogP contribution is -2.25. The summed E-state index contributed by atoms with van der Waals surface area (Å²) < 4.78 is 0. The van der Waals surface area contributed by atoms with E-state index >= 15 is 0 Å². The van der Waals surface area contributed by atoms with Gasteiger partial charge < -0.3 is 10.8 Å². The van der Waals surface area contributed by atoms with E-state index in [4.69, 9.17) is 10.8 Å². The molecule has 3 N–H and O–H groups in total. The van der Waals surface area contributed by atoms with Gasteiger partial charge >= 0.3 is 0 Å². The van der Waals surface area contributed by atoms with E-state index in [-0.39, 0.29) is 18.4 Å². The predicted molar refractivity (Wildman–Crippen MR) is 43.8 cm³/mol. The van der Waals surface area contributed by atoms with Crippen LogP contribution >= 0.6 is 0 Å². The summed E-state index contributed by atoms with van der Waals surface area (Å²) in [5, 5.41) is 8.59. The van der Waals surface area contributed by atoms with E-state index in [1.54, 1.807) is 0 Å². The Labute approximate surface area is 67.6 Å². The number of amides is 1. The number of hydrogen-bond acceptors (Lipinski definition) is 2. The zero-order valence-corrected chi connectivity index (χ0v) is 7.21. The van der Waals surface area contributed by atoms with E-state index < -0.39 is 0 Å². The van der Waals surface area contributed by atoms with E-state index in [1.807, 2.05) is 13.8 Å². The summed E-state index contributed by atoms with van der Waals surface area (Å²) in [7, 11) is 0. The van der Waals surface area contributed by atoms with Gasteiger partial charge in [0.25, 0.3) is 0 Å². The second-order valence-electron chi connectivity index (χ2n) is 3.24. The van der Waals surface area contributed by atoms with Crippen LogP contribution in [0.4, 0.5) is 0 Å². The molecule has 0 saturated carbocycles. The van der Waals surface area contributed by atoms with Gasteiger partial charge in [-0.3, -0.25) is 4.79 Å². The summed E-state index contributed by atoms with van der Waals surface area (Å²) in [6.07, 6.45) is 1.27. The minimum Gasteiger partial charge on any atom is -0.396 e. The third-order valence-corrected chi connectivity index (χ3v) is 1.64. The normalized spacial score (nSPS) is 13.5. The van der Waals surface area contributed by atoms with Crippen molar-refractivity contribution in [2.45, 2.75) is 26.7 Å². The molecule has 0 aromatic carbocycles. The maximum Gasteiger partial charge on any atom is 0.220 e. The predicted octanol–water partition coefficient (Wildman–Crippen LogP) is 0.516. The van der Waals surface area contributed by atoms with E-state index in [0.29, 0.717) is 12.3 Å². The summed E-state index contributed by atoms with van der Waals surface area (Å²) in [5.74, 6) is 0.00630. The number of carbonyl (C=O) groups is 1. The fraction of sp³-hybridized carbons (Fsp3) is 0.875. The Morgan fingerprint density at radius 2 is 2.09 bits per heavy atom. The van der Waals surface area contributed by atoms with Crippen molar-refractivity contribution < 1.29 is 9.90 Å². The molecular formula is C8H17NO2. The zero-order chi connectivity index (χ0) is 8.85. The van der Waals surface area contributed by atoms with E-state index in [1.165, 1.54) is 0 Å². The minimum absolute atomic E-state index is 0.0420.